The molecule has 2 atom stereocenters. The molecular weight excluding hydrogens is 456 g/mol. The van der Waals surface area contributed by atoms with Gasteiger partial charge in [-0.05, 0) is 53.5 Å². The van der Waals surface area contributed by atoms with Crippen LogP contribution in [0.5, 0.6) is 5.75 Å². The van der Waals surface area contributed by atoms with Gasteiger partial charge in [0.25, 0.3) is 0 Å². The van der Waals surface area contributed by atoms with Crippen LogP contribution < -0.4 is 4.74 Å². The molecule has 4 nitrogen and oxygen atoms in total. The minimum Gasteiger partial charge on any atom is -0.488 e. The maximum atomic E-state index is 7.10. The number of hydrogen-bond acceptors (Lipinski definition) is 4. The lowest BCUT2D eigenvalue weighted by atomic mass is 9.78. The second-order valence-electron chi connectivity index (χ2n) is 12.5. The van der Waals surface area contributed by atoms with Gasteiger partial charge in [0.05, 0.1) is 5.56 Å². The number of benzene rings is 2. The van der Waals surface area contributed by atoms with Gasteiger partial charge in [0.2, 0.25) is 5.79 Å². The Morgan fingerprint density at radius 1 is 0.794 bits per heavy atom. The van der Waals surface area contributed by atoms with E-state index in [4.69, 9.17) is 18.3 Å². The summed E-state index contributed by atoms with van der Waals surface area (Å²) in [5.74, 6) is -0.182. The molecule has 0 bridgehead atoms. The number of hydrogen-bond donors (Lipinski definition) is 0. The van der Waals surface area contributed by atoms with Crippen molar-refractivity contribution in [3.63, 3.8) is 0 Å². The van der Waals surface area contributed by atoms with Crippen LogP contribution in [0.15, 0.2) is 48.5 Å². The van der Waals surface area contributed by atoms with E-state index in [1.807, 2.05) is 30.3 Å². The standard InChI is InChI=1S/C28H44O4Si2/c1-26(2,3)33(8,9)31-25-22-18-15-19-23(30-20-21-16-13-12-14-17-21)24(22)28(25,29-7)32-34(10,11)27(4,5)6/h12-19,25H,20H2,1-11H3/t25-,28-/m1/s1. The molecule has 0 unspecified atom stereocenters. The van der Waals surface area contributed by atoms with E-state index < -0.39 is 22.4 Å². The van der Waals surface area contributed by atoms with Gasteiger partial charge in [-0.15, -0.1) is 0 Å². The fourth-order valence-corrected chi connectivity index (χ4v) is 6.33. The molecular formula is C28H44O4Si2. The van der Waals surface area contributed by atoms with E-state index in [0.717, 1.165) is 22.4 Å². The van der Waals surface area contributed by atoms with Gasteiger partial charge >= 0.3 is 0 Å². The Kier molecular flexibility index (Phi) is 7.35. The Hall–Kier alpha value is -1.45. The van der Waals surface area contributed by atoms with Crippen molar-refractivity contribution in [3.05, 3.63) is 65.2 Å². The van der Waals surface area contributed by atoms with Crippen molar-refractivity contribution in [2.24, 2.45) is 0 Å². The molecule has 0 aromatic heterocycles. The summed E-state index contributed by atoms with van der Waals surface area (Å²) in [5.41, 5.74) is 3.21. The molecule has 1 aliphatic rings. The zero-order valence-corrected chi connectivity index (χ0v) is 25.0. The van der Waals surface area contributed by atoms with Crippen molar-refractivity contribution < 1.29 is 18.3 Å². The number of ether oxygens (including phenoxy) is 2. The van der Waals surface area contributed by atoms with Crippen molar-refractivity contribution in [3.8, 4) is 5.75 Å². The van der Waals surface area contributed by atoms with Crippen molar-refractivity contribution >= 4 is 16.6 Å². The predicted molar refractivity (Wildman–Crippen MR) is 145 cm³/mol. The fourth-order valence-electron chi connectivity index (χ4n) is 3.75. The minimum absolute atomic E-state index is 0.0235. The molecule has 0 radical (unpaired) electrons. The second-order valence-corrected chi connectivity index (χ2v) is 22.0. The third kappa shape index (κ3) is 4.93. The van der Waals surface area contributed by atoms with Gasteiger partial charge in [-0.2, -0.15) is 0 Å². The fraction of sp³-hybridized carbons (Fsp3) is 0.571. The third-order valence-corrected chi connectivity index (χ3v) is 16.9. The highest BCUT2D eigenvalue weighted by molar-refractivity contribution is 6.74. The van der Waals surface area contributed by atoms with Crippen LogP contribution in [0.1, 0.15) is 64.3 Å². The first-order chi connectivity index (χ1) is 15.6. The second kappa shape index (κ2) is 9.21. The van der Waals surface area contributed by atoms with Crippen LogP contribution in [-0.4, -0.2) is 23.7 Å². The Bertz CT molecular complexity index is 990. The van der Waals surface area contributed by atoms with Crippen molar-refractivity contribution in [1.29, 1.82) is 0 Å². The molecule has 0 saturated heterocycles. The molecule has 2 aromatic rings. The van der Waals surface area contributed by atoms with Crippen molar-refractivity contribution in [2.75, 3.05) is 7.11 Å². The quantitative estimate of drug-likeness (QED) is 0.270. The largest absolute Gasteiger partial charge is 0.488 e. The van der Waals surface area contributed by atoms with E-state index in [1.165, 1.54) is 0 Å². The van der Waals surface area contributed by atoms with E-state index in [2.05, 4.69) is 85.9 Å². The predicted octanol–water partition coefficient (Wildman–Crippen LogP) is 8.16. The summed E-state index contributed by atoms with van der Waals surface area (Å²) in [6.07, 6.45) is -0.289. The van der Waals surface area contributed by atoms with Crippen LogP contribution in [0.3, 0.4) is 0 Å². The van der Waals surface area contributed by atoms with E-state index in [-0.39, 0.29) is 16.2 Å². The normalized spacial score (nSPS) is 21.1. The van der Waals surface area contributed by atoms with Crippen LogP contribution in [0.4, 0.5) is 0 Å². The number of rotatable bonds is 8. The maximum Gasteiger partial charge on any atom is 0.219 e. The lowest BCUT2D eigenvalue weighted by Gasteiger charge is -2.56. The zero-order valence-electron chi connectivity index (χ0n) is 23.0. The Labute approximate surface area is 209 Å². The van der Waals surface area contributed by atoms with Crippen LogP contribution in [0, 0.1) is 0 Å². The van der Waals surface area contributed by atoms with Crippen molar-refractivity contribution in [1.82, 2.24) is 0 Å². The lowest BCUT2D eigenvalue weighted by molar-refractivity contribution is -0.262. The van der Waals surface area contributed by atoms with E-state index >= 15 is 0 Å². The van der Waals surface area contributed by atoms with Gasteiger partial charge in [-0.1, -0.05) is 84.0 Å². The molecule has 0 aliphatic heterocycles. The summed E-state index contributed by atoms with van der Waals surface area (Å²) >= 11 is 0. The summed E-state index contributed by atoms with van der Waals surface area (Å²) in [6.45, 7) is 23.2. The summed E-state index contributed by atoms with van der Waals surface area (Å²) in [6, 6.07) is 16.4. The van der Waals surface area contributed by atoms with Crippen LogP contribution >= 0.6 is 0 Å². The molecule has 188 valence electrons. The highest BCUT2D eigenvalue weighted by Gasteiger charge is 2.62. The van der Waals surface area contributed by atoms with Crippen LogP contribution in [-0.2, 0) is 26.0 Å². The van der Waals surface area contributed by atoms with E-state index in [1.54, 1.807) is 7.11 Å². The van der Waals surface area contributed by atoms with E-state index in [9.17, 15) is 0 Å². The monoisotopic (exact) mass is 500 g/mol. The molecule has 0 saturated carbocycles. The van der Waals surface area contributed by atoms with Gasteiger partial charge in [0.15, 0.2) is 16.6 Å². The Balaban J connectivity index is 2.08. The summed E-state index contributed by atoms with van der Waals surface area (Å²) in [7, 11) is -2.58. The van der Waals surface area contributed by atoms with Gasteiger partial charge in [-0.3, -0.25) is 0 Å². The Morgan fingerprint density at radius 2 is 1.38 bits per heavy atom. The highest BCUT2D eigenvalue weighted by atomic mass is 28.4. The summed E-state index contributed by atoms with van der Waals surface area (Å²) in [5, 5.41) is 0.0935. The molecule has 6 heteroatoms. The van der Waals surface area contributed by atoms with Crippen molar-refractivity contribution in [2.45, 2.75) is 96.3 Å². The molecule has 0 fully saturated rings. The minimum atomic E-state index is -2.22. The average Bonchev–Trinajstić information content (AvgIpc) is 2.73. The van der Waals surface area contributed by atoms with E-state index in [0.29, 0.717) is 6.61 Å². The van der Waals surface area contributed by atoms with Gasteiger partial charge in [0.1, 0.15) is 18.5 Å². The Morgan fingerprint density at radius 3 is 1.91 bits per heavy atom. The lowest BCUT2D eigenvalue weighted by Crippen LogP contribution is -2.59. The molecule has 2 aromatic carbocycles. The first-order valence-electron chi connectivity index (χ1n) is 12.3. The van der Waals surface area contributed by atoms with Crippen LogP contribution in [0.25, 0.3) is 0 Å². The first kappa shape index (κ1) is 27.1. The first-order valence-corrected chi connectivity index (χ1v) is 18.1. The van der Waals surface area contributed by atoms with Crippen LogP contribution in [0.2, 0.25) is 36.3 Å². The summed E-state index contributed by atoms with van der Waals surface area (Å²) < 4.78 is 26.8. The molecule has 0 amide bonds. The van der Waals surface area contributed by atoms with Gasteiger partial charge < -0.3 is 18.3 Å². The summed E-state index contributed by atoms with van der Waals surface area (Å²) in [4.78, 5) is 0. The molecule has 0 heterocycles. The molecule has 3 rings (SSSR count). The molecule has 1 aliphatic carbocycles. The molecule has 0 N–H and O–H groups in total. The number of methoxy groups -OCH3 is 1. The zero-order chi connectivity index (χ0) is 25.6. The van der Waals surface area contributed by atoms with Gasteiger partial charge in [0, 0.05) is 7.11 Å². The SMILES string of the molecule is CO[C@@]1(O[Si](C)(C)C(C)(C)C)c2c(OCc3ccccc3)cccc2[C@H]1O[Si](C)(C)C(C)(C)C. The highest BCUT2D eigenvalue weighted by Crippen LogP contribution is 2.61. The molecule has 34 heavy (non-hydrogen) atoms. The average molecular weight is 501 g/mol. The topological polar surface area (TPSA) is 36.9 Å². The smallest absolute Gasteiger partial charge is 0.219 e. The molecule has 0 spiro atoms. The number of fused-ring (bicyclic) bond motifs is 1. The third-order valence-electron chi connectivity index (χ3n) is 8.01. The van der Waals surface area contributed by atoms with Gasteiger partial charge in [-0.25, -0.2) is 0 Å². The maximum absolute atomic E-state index is 7.10.